The summed E-state index contributed by atoms with van der Waals surface area (Å²) in [6, 6.07) is 13.9. The van der Waals surface area contributed by atoms with Crippen molar-refractivity contribution < 1.29 is 14.3 Å². The highest BCUT2D eigenvalue weighted by Crippen LogP contribution is 2.29. The van der Waals surface area contributed by atoms with Gasteiger partial charge in [-0.15, -0.1) is 11.3 Å². The Morgan fingerprint density at radius 3 is 2.38 bits per heavy atom. The van der Waals surface area contributed by atoms with Crippen LogP contribution in [-0.2, 0) is 11.3 Å². The van der Waals surface area contributed by atoms with Gasteiger partial charge in [-0.25, -0.2) is 9.78 Å². The molecule has 1 amide bonds. The Morgan fingerprint density at radius 1 is 1.12 bits per heavy atom. The minimum absolute atomic E-state index is 0.103. The molecule has 0 radical (unpaired) electrons. The van der Waals surface area contributed by atoms with E-state index in [4.69, 9.17) is 22.1 Å². The van der Waals surface area contributed by atoms with E-state index in [0.717, 1.165) is 16.1 Å². The summed E-state index contributed by atoms with van der Waals surface area (Å²) in [5.74, 6) is -0.928. The number of esters is 1. The van der Waals surface area contributed by atoms with Crippen LogP contribution in [0, 0.1) is 6.92 Å². The van der Waals surface area contributed by atoms with E-state index in [2.05, 4.69) is 4.98 Å². The number of thiazole rings is 1. The molecule has 3 rings (SSSR count). The number of nitrogens with zero attached hydrogens (tertiary/aromatic N) is 1. The van der Waals surface area contributed by atoms with Crippen LogP contribution in [-0.4, -0.2) is 16.9 Å². The Morgan fingerprint density at radius 2 is 1.77 bits per heavy atom. The quantitative estimate of drug-likeness (QED) is 0.665. The standard InChI is InChI=1S/C19H15ClN2O3S/c1-11-16(26-18(22-11)14-6-8-15(20)9-7-14)19(24)25-10-12-2-4-13(5-3-12)17(21)23/h2-9H,10H2,1H3,(H2,21,23). The number of primary amides is 1. The van der Waals surface area contributed by atoms with E-state index in [1.54, 1.807) is 43.3 Å². The minimum Gasteiger partial charge on any atom is -0.457 e. The molecule has 0 bridgehead atoms. The lowest BCUT2D eigenvalue weighted by molar-refractivity contribution is 0.0477. The number of ether oxygens (including phenoxy) is 1. The summed E-state index contributed by atoms with van der Waals surface area (Å²) in [5.41, 5.74) is 7.89. The van der Waals surface area contributed by atoms with Gasteiger partial charge in [0.2, 0.25) is 5.91 Å². The third-order valence-electron chi connectivity index (χ3n) is 3.68. The zero-order valence-electron chi connectivity index (χ0n) is 13.9. The number of nitrogens with two attached hydrogens (primary N) is 1. The maximum Gasteiger partial charge on any atom is 0.350 e. The maximum absolute atomic E-state index is 12.4. The molecule has 2 N–H and O–H groups in total. The molecular weight excluding hydrogens is 372 g/mol. The topological polar surface area (TPSA) is 82.3 Å². The number of carbonyl (C=O) groups excluding carboxylic acids is 2. The predicted molar refractivity (Wildman–Crippen MR) is 101 cm³/mol. The second-order valence-electron chi connectivity index (χ2n) is 5.58. The summed E-state index contributed by atoms with van der Waals surface area (Å²) in [7, 11) is 0. The molecule has 1 heterocycles. The van der Waals surface area contributed by atoms with Gasteiger partial charge in [-0.1, -0.05) is 35.9 Å². The van der Waals surface area contributed by atoms with Gasteiger partial charge in [0.25, 0.3) is 0 Å². The van der Waals surface area contributed by atoms with Crippen molar-refractivity contribution in [3.63, 3.8) is 0 Å². The molecule has 0 aliphatic carbocycles. The first-order valence-corrected chi connectivity index (χ1v) is 8.92. The van der Waals surface area contributed by atoms with E-state index in [1.807, 2.05) is 12.1 Å². The fourth-order valence-corrected chi connectivity index (χ4v) is 3.37. The van der Waals surface area contributed by atoms with Crippen LogP contribution in [0.4, 0.5) is 0 Å². The molecule has 0 fully saturated rings. The van der Waals surface area contributed by atoms with Gasteiger partial charge in [-0.05, 0) is 36.8 Å². The molecular formula is C19H15ClN2O3S. The number of aryl methyl sites for hydroxylation is 1. The van der Waals surface area contributed by atoms with Crippen LogP contribution in [0.15, 0.2) is 48.5 Å². The molecule has 5 nitrogen and oxygen atoms in total. The van der Waals surface area contributed by atoms with Crippen molar-refractivity contribution in [1.29, 1.82) is 0 Å². The maximum atomic E-state index is 12.4. The van der Waals surface area contributed by atoms with E-state index < -0.39 is 11.9 Å². The minimum atomic E-state index is -0.497. The highest BCUT2D eigenvalue weighted by molar-refractivity contribution is 7.17. The van der Waals surface area contributed by atoms with E-state index in [-0.39, 0.29) is 6.61 Å². The number of carbonyl (C=O) groups is 2. The van der Waals surface area contributed by atoms with Crippen molar-refractivity contribution in [3.8, 4) is 10.6 Å². The van der Waals surface area contributed by atoms with Gasteiger partial charge in [-0.2, -0.15) is 0 Å². The largest absolute Gasteiger partial charge is 0.457 e. The Bertz CT molecular complexity index is 950. The smallest absolute Gasteiger partial charge is 0.350 e. The Labute approximate surface area is 159 Å². The molecule has 1 aromatic heterocycles. The molecule has 132 valence electrons. The average Bonchev–Trinajstić information content (AvgIpc) is 3.02. The highest BCUT2D eigenvalue weighted by atomic mass is 35.5. The number of amides is 1. The van der Waals surface area contributed by atoms with Gasteiger partial charge in [-0.3, -0.25) is 4.79 Å². The van der Waals surface area contributed by atoms with Crippen molar-refractivity contribution in [2.24, 2.45) is 5.73 Å². The number of aromatic nitrogens is 1. The molecule has 0 atom stereocenters. The van der Waals surface area contributed by atoms with Crippen LogP contribution in [0.2, 0.25) is 5.02 Å². The second kappa shape index (κ2) is 7.68. The Hall–Kier alpha value is -2.70. The number of rotatable bonds is 5. The predicted octanol–water partition coefficient (Wildman–Crippen LogP) is 4.23. The summed E-state index contributed by atoms with van der Waals surface area (Å²) in [6.45, 7) is 1.87. The van der Waals surface area contributed by atoms with Gasteiger partial charge in [0, 0.05) is 16.1 Å². The van der Waals surface area contributed by atoms with Gasteiger partial charge in [0.15, 0.2) is 0 Å². The molecule has 0 saturated heterocycles. The fourth-order valence-electron chi connectivity index (χ4n) is 2.28. The molecule has 3 aromatic rings. The van der Waals surface area contributed by atoms with E-state index in [9.17, 15) is 9.59 Å². The van der Waals surface area contributed by atoms with Gasteiger partial charge in [0.1, 0.15) is 16.5 Å². The number of hydrogen-bond acceptors (Lipinski definition) is 5. The zero-order chi connectivity index (χ0) is 18.7. The first-order valence-electron chi connectivity index (χ1n) is 7.73. The van der Waals surface area contributed by atoms with Crippen molar-refractivity contribution in [1.82, 2.24) is 4.98 Å². The summed E-state index contributed by atoms with van der Waals surface area (Å²) in [5, 5.41) is 1.38. The first kappa shape index (κ1) is 18.1. The van der Waals surface area contributed by atoms with Crippen molar-refractivity contribution in [2.75, 3.05) is 0 Å². The average molecular weight is 387 g/mol. The first-order chi connectivity index (χ1) is 12.4. The van der Waals surface area contributed by atoms with Crippen molar-refractivity contribution in [2.45, 2.75) is 13.5 Å². The molecule has 0 unspecified atom stereocenters. The van der Waals surface area contributed by atoms with Crippen LogP contribution < -0.4 is 5.73 Å². The molecule has 0 aliphatic heterocycles. The van der Waals surface area contributed by atoms with E-state index in [0.29, 0.717) is 21.2 Å². The number of halogens is 1. The summed E-state index contributed by atoms with van der Waals surface area (Å²) in [4.78, 5) is 28.3. The third kappa shape index (κ3) is 4.09. The fraction of sp³-hybridized carbons (Fsp3) is 0.105. The summed E-state index contributed by atoms with van der Waals surface area (Å²) >= 11 is 7.17. The Balaban J connectivity index is 1.70. The van der Waals surface area contributed by atoms with Crippen molar-refractivity contribution >= 4 is 34.8 Å². The second-order valence-corrected chi connectivity index (χ2v) is 7.01. The molecule has 26 heavy (non-hydrogen) atoms. The van der Waals surface area contributed by atoms with Crippen LogP contribution >= 0.6 is 22.9 Å². The van der Waals surface area contributed by atoms with E-state index >= 15 is 0 Å². The summed E-state index contributed by atoms with van der Waals surface area (Å²) in [6.07, 6.45) is 0. The Kier molecular flexibility index (Phi) is 5.35. The van der Waals surface area contributed by atoms with Crippen LogP contribution in [0.25, 0.3) is 10.6 Å². The SMILES string of the molecule is Cc1nc(-c2ccc(Cl)cc2)sc1C(=O)OCc1ccc(C(N)=O)cc1. The number of hydrogen-bond donors (Lipinski definition) is 1. The normalized spacial score (nSPS) is 10.5. The van der Waals surface area contributed by atoms with Crippen LogP contribution in [0.3, 0.4) is 0 Å². The van der Waals surface area contributed by atoms with E-state index in [1.165, 1.54) is 11.3 Å². The highest BCUT2D eigenvalue weighted by Gasteiger charge is 2.17. The molecule has 7 heteroatoms. The molecule has 2 aromatic carbocycles. The monoisotopic (exact) mass is 386 g/mol. The lowest BCUT2D eigenvalue weighted by Gasteiger charge is -2.04. The third-order valence-corrected chi connectivity index (χ3v) is 5.12. The molecule has 0 spiro atoms. The van der Waals surface area contributed by atoms with Gasteiger partial charge in [0.05, 0.1) is 5.69 Å². The van der Waals surface area contributed by atoms with Gasteiger partial charge >= 0.3 is 5.97 Å². The summed E-state index contributed by atoms with van der Waals surface area (Å²) < 4.78 is 5.36. The molecule has 0 aliphatic rings. The van der Waals surface area contributed by atoms with Crippen LogP contribution in [0.1, 0.15) is 31.3 Å². The zero-order valence-corrected chi connectivity index (χ0v) is 15.4. The lowest BCUT2D eigenvalue weighted by Crippen LogP contribution is -2.10. The van der Waals surface area contributed by atoms with Crippen molar-refractivity contribution in [3.05, 3.63) is 75.3 Å². The number of benzene rings is 2. The van der Waals surface area contributed by atoms with Crippen LogP contribution in [0.5, 0.6) is 0 Å². The lowest BCUT2D eigenvalue weighted by atomic mass is 10.1. The molecule has 0 saturated carbocycles. The van der Waals surface area contributed by atoms with Gasteiger partial charge < -0.3 is 10.5 Å².